The summed E-state index contributed by atoms with van der Waals surface area (Å²) in [5, 5.41) is 0. The number of halogens is 3. The molecule has 1 aromatic rings. The van der Waals surface area contributed by atoms with Gasteiger partial charge in [-0.1, -0.05) is 50.3 Å². The van der Waals surface area contributed by atoms with Crippen LogP contribution in [-0.2, 0) is 16.0 Å². The summed E-state index contributed by atoms with van der Waals surface area (Å²) >= 11 is 0. The van der Waals surface area contributed by atoms with Gasteiger partial charge >= 0.3 is 12.1 Å². The maximum absolute atomic E-state index is 12.0. The van der Waals surface area contributed by atoms with Crippen molar-refractivity contribution in [3.63, 3.8) is 0 Å². The molecule has 0 saturated carbocycles. The van der Waals surface area contributed by atoms with Gasteiger partial charge in [-0.2, -0.15) is 13.2 Å². The summed E-state index contributed by atoms with van der Waals surface area (Å²) < 4.78 is 46.5. The molecule has 3 nitrogen and oxygen atoms in total. The molecule has 0 saturated heterocycles. The Kier molecular flexibility index (Phi) is 10.8. The average molecular weight is 374 g/mol. The predicted octanol–water partition coefficient (Wildman–Crippen LogP) is 5.85. The Bertz CT molecular complexity index is 515. The van der Waals surface area contributed by atoms with Crippen molar-refractivity contribution in [1.82, 2.24) is 0 Å². The molecule has 0 N–H and O–H groups in total. The molecular formula is C20H29F3O3. The normalized spacial score (nSPS) is 11.4. The van der Waals surface area contributed by atoms with Gasteiger partial charge in [-0.25, -0.2) is 4.79 Å². The fourth-order valence-electron chi connectivity index (χ4n) is 2.72. The predicted molar refractivity (Wildman–Crippen MR) is 95.3 cm³/mol. The Balaban J connectivity index is 2.16. The van der Waals surface area contributed by atoms with E-state index < -0.39 is 12.6 Å². The van der Waals surface area contributed by atoms with Gasteiger partial charge in [0.15, 0.2) is 6.61 Å². The summed E-state index contributed by atoms with van der Waals surface area (Å²) in [6.07, 6.45) is 1.91. The molecule has 0 fully saturated rings. The molecule has 6 heteroatoms. The van der Waals surface area contributed by atoms with Gasteiger partial charge in [0, 0.05) is 6.42 Å². The van der Waals surface area contributed by atoms with Crippen LogP contribution >= 0.6 is 0 Å². The number of alkyl halides is 3. The first-order valence-electron chi connectivity index (χ1n) is 9.35. The maximum atomic E-state index is 12.0. The van der Waals surface area contributed by atoms with Crippen molar-refractivity contribution < 1.29 is 27.4 Å². The van der Waals surface area contributed by atoms with E-state index in [0.29, 0.717) is 18.8 Å². The molecule has 148 valence electrons. The third-order valence-electron chi connectivity index (χ3n) is 4.03. The minimum absolute atomic E-state index is 0.0945. The first-order valence-corrected chi connectivity index (χ1v) is 9.35. The molecule has 0 aromatic heterocycles. The lowest BCUT2D eigenvalue weighted by Gasteiger charge is -2.11. The Morgan fingerprint density at radius 2 is 1.58 bits per heavy atom. The van der Waals surface area contributed by atoms with Crippen molar-refractivity contribution in [3.05, 3.63) is 29.8 Å². The summed E-state index contributed by atoms with van der Waals surface area (Å²) in [5.41, 5.74) is 1.06. The molecule has 0 spiro atoms. The Morgan fingerprint density at radius 3 is 2.23 bits per heavy atom. The number of hydrogen-bond acceptors (Lipinski definition) is 3. The number of benzene rings is 1. The zero-order valence-electron chi connectivity index (χ0n) is 15.4. The number of unbranched alkanes of at least 4 members (excludes halogenated alkanes) is 6. The molecule has 0 aliphatic heterocycles. The highest BCUT2D eigenvalue weighted by Gasteiger charge is 2.25. The minimum Gasteiger partial charge on any atom is -0.482 e. The standard InChI is InChI=1S/C20H29F3O3/c1-2-25-19(24)16-26-18-14-10-9-13-17(18)12-8-6-4-3-5-7-11-15-20(21,22)23/h9-10,13-14H,2-8,11-12,15-16H2,1H3. The Hall–Kier alpha value is -1.72. The van der Waals surface area contributed by atoms with Crippen LogP contribution in [0.3, 0.4) is 0 Å². The monoisotopic (exact) mass is 374 g/mol. The highest BCUT2D eigenvalue weighted by Crippen LogP contribution is 2.24. The maximum Gasteiger partial charge on any atom is 0.389 e. The molecular weight excluding hydrogens is 345 g/mol. The molecule has 0 atom stereocenters. The van der Waals surface area contributed by atoms with Gasteiger partial charge in [0.25, 0.3) is 0 Å². The first-order chi connectivity index (χ1) is 12.4. The van der Waals surface area contributed by atoms with E-state index in [1.54, 1.807) is 6.92 Å². The minimum atomic E-state index is -4.03. The van der Waals surface area contributed by atoms with Crippen molar-refractivity contribution in [2.75, 3.05) is 13.2 Å². The van der Waals surface area contributed by atoms with Crippen molar-refractivity contribution in [3.8, 4) is 5.75 Å². The number of carbonyl (C=O) groups excluding carboxylic acids is 1. The number of hydrogen-bond donors (Lipinski definition) is 0. The van der Waals surface area contributed by atoms with E-state index in [9.17, 15) is 18.0 Å². The molecule has 0 aliphatic carbocycles. The fourth-order valence-corrected chi connectivity index (χ4v) is 2.72. The van der Waals surface area contributed by atoms with Gasteiger partial charge in [0.05, 0.1) is 6.61 Å². The van der Waals surface area contributed by atoms with Crippen molar-refractivity contribution >= 4 is 5.97 Å². The summed E-state index contributed by atoms with van der Waals surface area (Å²) in [6, 6.07) is 7.63. The second-order valence-corrected chi connectivity index (χ2v) is 6.29. The van der Waals surface area contributed by atoms with Crippen LogP contribution < -0.4 is 4.74 Å². The van der Waals surface area contributed by atoms with Gasteiger partial charge in [-0.05, 0) is 37.8 Å². The lowest BCUT2D eigenvalue weighted by molar-refractivity contribution is -0.145. The number of carbonyl (C=O) groups is 1. The molecule has 0 aliphatic rings. The van der Waals surface area contributed by atoms with E-state index >= 15 is 0 Å². The van der Waals surface area contributed by atoms with Crippen LogP contribution in [0.2, 0.25) is 0 Å². The molecule has 26 heavy (non-hydrogen) atoms. The lowest BCUT2D eigenvalue weighted by atomic mass is 10.0. The summed E-state index contributed by atoms with van der Waals surface area (Å²) in [6.45, 7) is 1.99. The third kappa shape index (κ3) is 11.0. The summed E-state index contributed by atoms with van der Waals surface area (Å²) in [5.74, 6) is 0.320. The van der Waals surface area contributed by atoms with Crippen LogP contribution in [0.5, 0.6) is 5.75 Å². The van der Waals surface area contributed by atoms with Crippen molar-refractivity contribution in [1.29, 1.82) is 0 Å². The summed E-state index contributed by atoms with van der Waals surface area (Å²) in [4.78, 5) is 11.4. The number of rotatable bonds is 13. The Morgan fingerprint density at radius 1 is 0.962 bits per heavy atom. The molecule has 0 amide bonds. The topological polar surface area (TPSA) is 35.5 Å². The highest BCUT2D eigenvalue weighted by atomic mass is 19.4. The molecule has 0 radical (unpaired) electrons. The number of para-hydroxylation sites is 1. The van der Waals surface area contributed by atoms with Gasteiger partial charge in [0.2, 0.25) is 0 Å². The SMILES string of the molecule is CCOC(=O)COc1ccccc1CCCCCCCCCC(F)(F)F. The lowest BCUT2D eigenvalue weighted by Crippen LogP contribution is -2.15. The third-order valence-corrected chi connectivity index (χ3v) is 4.03. The second kappa shape index (κ2) is 12.6. The van der Waals surface area contributed by atoms with Crippen LogP contribution in [-0.4, -0.2) is 25.4 Å². The fraction of sp³-hybridized carbons (Fsp3) is 0.650. The zero-order valence-corrected chi connectivity index (χ0v) is 15.4. The van der Waals surface area contributed by atoms with Crippen molar-refractivity contribution in [2.24, 2.45) is 0 Å². The van der Waals surface area contributed by atoms with E-state index in [1.165, 1.54) is 0 Å². The van der Waals surface area contributed by atoms with Crippen LogP contribution in [0.1, 0.15) is 63.9 Å². The average Bonchev–Trinajstić information content (AvgIpc) is 2.58. The molecule has 1 aromatic carbocycles. The zero-order chi connectivity index (χ0) is 19.3. The molecule has 1 rings (SSSR count). The quantitative estimate of drug-likeness (QED) is 0.321. The van der Waals surface area contributed by atoms with E-state index in [2.05, 4.69) is 0 Å². The van der Waals surface area contributed by atoms with E-state index in [0.717, 1.165) is 44.1 Å². The first kappa shape index (κ1) is 22.3. The largest absolute Gasteiger partial charge is 0.482 e. The van der Waals surface area contributed by atoms with Gasteiger partial charge in [-0.15, -0.1) is 0 Å². The summed E-state index contributed by atoms with van der Waals surface area (Å²) in [7, 11) is 0. The van der Waals surface area contributed by atoms with Crippen LogP contribution in [0.4, 0.5) is 13.2 Å². The van der Waals surface area contributed by atoms with Gasteiger partial charge < -0.3 is 9.47 Å². The smallest absolute Gasteiger partial charge is 0.389 e. The van der Waals surface area contributed by atoms with Crippen LogP contribution in [0, 0.1) is 0 Å². The Labute approximate surface area is 153 Å². The second-order valence-electron chi connectivity index (χ2n) is 6.29. The number of esters is 1. The van der Waals surface area contributed by atoms with E-state index in [1.807, 2.05) is 24.3 Å². The van der Waals surface area contributed by atoms with E-state index in [4.69, 9.17) is 9.47 Å². The molecule has 0 heterocycles. The van der Waals surface area contributed by atoms with Gasteiger partial charge in [0.1, 0.15) is 5.75 Å². The highest BCUT2D eigenvalue weighted by molar-refractivity contribution is 5.71. The van der Waals surface area contributed by atoms with Gasteiger partial charge in [-0.3, -0.25) is 0 Å². The number of aryl methyl sites for hydroxylation is 1. The van der Waals surface area contributed by atoms with Crippen LogP contribution in [0.15, 0.2) is 24.3 Å². The van der Waals surface area contributed by atoms with E-state index in [-0.39, 0.29) is 19.0 Å². The molecule has 0 unspecified atom stereocenters. The van der Waals surface area contributed by atoms with Crippen molar-refractivity contribution in [2.45, 2.75) is 70.9 Å². The molecule has 0 bridgehead atoms. The van der Waals surface area contributed by atoms with Crippen LogP contribution in [0.25, 0.3) is 0 Å². The number of ether oxygens (including phenoxy) is 2.